The molecule has 0 amide bonds. The van der Waals surface area contributed by atoms with Crippen molar-refractivity contribution in [2.75, 3.05) is 5.75 Å². The second kappa shape index (κ2) is 7.69. The van der Waals surface area contributed by atoms with Crippen LogP contribution in [0.4, 0.5) is 13.2 Å². The fourth-order valence-electron chi connectivity index (χ4n) is 3.77. The lowest BCUT2D eigenvalue weighted by Gasteiger charge is -2.09. The maximum absolute atomic E-state index is 13.0. The number of halogens is 4. The van der Waals surface area contributed by atoms with Crippen LogP contribution < -0.4 is 0 Å². The van der Waals surface area contributed by atoms with Crippen molar-refractivity contribution >= 4 is 27.2 Å². The highest BCUT2D eigenvalue weighted by atomic mass is 35.5. The van der Waals surface area contributed by atoms with Gasteiger partial charge in [0.25, 0.3) is 0 Å². The molecule has 1 atom stereocenters. The number of Topliss-reactive ketones (excluding diaryl/α,β-unsaturated/α-hetero) is 1. The number of nitrogens with zero attached hydrogens (tertiary/aromatic N) is 5. The van der Waals surface area contributed by atoms with E-state index >= 15 is 0 Å². The van der Waals surface area contributed by atoms with Crippen molar-refractivity contribution in [2.24, 2.45) is 13.0 Å². The Morgan fingerprint density at radius 1 is 1.31 bits per heavy atom. The zero-order valence-electron chi connectivity index (χ0n) is 16.9. The largest absolute Gasteiger partial charge is 0.417 e. The summed E-state index contributed by atoms with van der Waals surface area (Å²) >= 11 is 5.86. The molecule has 0 bridgehead atoms. The molecule has 3 aromatic heterocycles. The number of sulfone groups is 1. The first-order chi connectivity index (χ1) is 14.9. The zero-order valence-corrected chi connectivity index (χ0v) is 18.5. The molecule has 0 saturated heterocycles. The van der Waals surface area contributed by atoms with E-state index in [4.69, 9.17) is 11.6 Å². The summed E-state index contributed by atoms with van der Waals surface area (Å²) in [6.07, 6.45) is -2.40. The molecule has 0 N–H and O–H groups in total. The van der Waals surface area contributed by atoms with Crippen LogP contribution in [0.25, 0.3) is 5.95 Å². The highest BCUT2D eigenvalue weighted by Crippen LogP contribution is 2.35. The Hall–Kier alpha value is -2.73. The smallest absolute Gasteiger partial charge is 0.302 e. The van der Waals surface area contributed by atoms with Gasteiger partial charge in [0, 0.05) is 43.8 Å². The molecule has 0 saturated carbocycles. The Bertz CT molecular complexity index is 1330. The van der Waals surface area contributed by atoms with Gasteiger partial charge in [0.15, 0.2) is 25.8 Å². The Morgan fingerprint density at radius 2 is 2.03 bits per heavy atom. The Labute approximate surface area is 186 Å². The van der Waals surface area contributed by atoms with Crippen LogP contribution in [0.2, 0.25) is 5.15 Å². The van der Waals surface area contributed by atoms with Gasteiger partial charge in [-0.15, -0.1) is 0 Å². The van der Waals surface area contributed by atoms with Crippen LogP contribution in [-0.2, 0) is 35.9 Å². The molecule has 0 aromatic carbocycles. The zero-order chi connectivity index (χ0) is 23.4. The minimum Gasteiger partial charge on any atom is -0.302 e. The van der Waals surface area contributed by atoms with Crippen molar-refractivity contribution in [3.63, 3.8) is 0 Å². The summed E-state index contributed by atoms with van der Waals surface area (Å²) in [5.41, 5.74) is -0.712. The number of carbonyl (C=O) groups excluding carboxylic acids is 1. The van der Waals surface area contributed by atoms with Gasteiger partial charge in [-0.25, -0.2) is 18.1 Å². The van der Waals surface area contributed by atoms with E-state index in [-0.39, 0.29) is 51.7 Å². The first kappa shape index (κ1) is 22.5. The molecule has 8 nitrogen and oxygen atoms in total. The molecule has 32 heavy (non-hydrogen) atoms. The predicted octanol–water partition coefficient (Wildman–Crippen LogP) is 3.06. The minimum atomic E-state index is -4.62. The molecule has 1 aliphatic carbocycles. The van der Waals surface area contributed by atoms with Gasteiger partial charge in [0.05, 0.1) is 22.7 Å². The van der Waals surface area contributed by atoms with Crippen LogP contribution in [0.5, 0.6) is 0 Å². The summed E-state index contributed by atoms with van der Waals surface area (Å²) in [5.74, 6) is -1.32. The van der Waals surface area contributed by atoms with Crippen molar-refractivity contribution in [2.45, 2.75) is 31.0 Å². The first-order valence-corrected chi connectivity index (χ1v) is 11.6. The molecule has 3 aromatic rings. The summed E-state index contributed by atoms with van der Waals surface area (Å²) in [6, 6.07) is 2.30. The SMILES string of the molecule is CCS(=O)(=O)c1c(CC2Cc3ncc(C(F)(F)F)cc3C2=O)nc(-n2ccc(Cl)n2)n1C. The van der Waals surface area contributed by atoms with E-state index in [2.05, 4.69) is 15.1 Å². The molecular formula is C19H17ClF3N5O3S. The van der Waals surface area contributed by atoms with Crippen molar-refractivity contribution < 1.29 is 26.4 Å². The number of rotatable bonds is 5. The Balaban J connectivity index is 1.73. The van der Waals surface area contributed by atoms with E-state index in [1.807, 2.05) is 0 Å². The monoisotopic (exact) mass is 487 g/mol. The van der Waals surface area contributed by atoms with Gasteiger partial charge < -0.3 is 4.57 Å². The number of alkyl halides is 3. The fourth-order valence-corrected chi connectivity index (χ4v) is 5.17. The Morgan fingerprint density at radius 3 is 2.62 bits per heavy atom. The van der Waals surface area contributed by atoms with E-state index in [0.717, 1.165) is 6.07 Å². The van der Waals surface area contributed by atoms with Crippen LogP contribution in [0.3, 0.4) is 0 Å². The lowest BCUT2D eigenvalue weighted by Crippen LogP contribution is -2.17. The van der Waals surface area contributed by atoms with Crippen molar-refractivity contribution in [3.05, 3.63) is 52.2 Å². The average Bonchev–Trinajstić information content (AvgIpc) is 3.37. The molecule has 0 fully saturated rings. The molecule has 4 rings (SSSR count). The van der Waals surface area contributed by atoms with Crippen LogP contribution in [-0.4, -0.2) is 44.3 Å². The summed E-state index contributed by atoms with van der Waals surface area (Å²) in [6.45, 7) is 1.48. The molecule has 13 heteroatoms. The standard InChI is InChI=1S/C19H17ClF3N5O3S/c1-3-32(30,31)17-14(25-18(27(17)2)28-5-4-15(20)26-28)7-10-6-13-12(16(10)29)8-11(9-24-13)19(21,22)23/h4-5,8-10H,3,6-7H2,1-2H3. The van der Waals surface area contributed by atoms with Gasteiger partial charge in [0.2, 0.25) is 5.95 Å². The summed E-state index contributed by atoms with van der Waals surface area (Å²) in [7, 11) is -2.24. The van der Waals surface area contributed by atoms with Crippen LogP contribution in [0.15, 0.2) is 29.6 Å². The third-order valence-corrected chi connectivity index (χ3v) is 7.40. The third-order valence-electron chi connectivity index (χ3n) is 5.34. The maximum atomic E-state index is 13.0. The first-order valence-electron chi connectivity index (χ1n) is 9.52. The van der Waals surface area contributed by atoms with Gasteiger partial charge in [-0.1, -0.05) is 18.5 Å². The normalized spacial score (nSPS) is 16.6. The van der Waals surface area contributed by atoms with E-state index in [9.17, 15) is 26.4 Å². The number of imidazole rings is 1. The highest BCUT2D eigenvalue weighted by molar-refractivity contribution is 7.91. The number of ketones is 1. The molecule has 1 unspecified atom stereocenters. The van der Waals surface area contributed by atoms with E-state index in [1.54, 1.807) is 0 Å². The van der Waals surface area contributed by atoms with Gasteiger partial charge in [0.1, 0.15) is 0 Å². The summed E-state index contributed by atoms with van der Waals surface area (Å²) in [4.78, 5) is 21.1. The van der Waals surface area contributed by atoms with Crippen LogP contribution in [0.1, 0.15) is 34.2 Å². The summed E-state index contributed by atoms with van der Waals surface area (Å²) in [5, 5.41) is 4.14. The number of pyridine rings is 1. The van der Waals surface area contributed by atoms with Crippen molar-refractivity contribution in [1.29, 1.82) is 0 Å². The minimum absolute atomic E-state index is 0.0747. The maximum Gasteiger partial charge on any atom is 0.417 e. The predicted molar refractivity (Wildman–Crippen MR) is 108 cm³/mol. The fraction of sp³-hybridized carbons (Fsp3) is 0.368. The average molecular weight is 488 g/mol. The quantitative estimate of drug-likeness (QED) is 0.548. The highest BCUT2D eigenvalue weighted by Gasteiger charge is 2.38. The lowest BCUT2D eigenvalue weighted by atomic mass is 9.99. The van der Waals surface area contributed by atoms with Crippen molar-refractivity contribution in [3.8, 4) is 5.95 Å². The number of carbonyl (C=O) groups is 1. The van der Waals surface area contributed by atoms with Gasteiger partial charge in [-0.3, -0.25) is 9.78 Å². The second-order valence-corrected chi connectivity index (χ2v) is 9.98. The number of fused-ring (bicyclic) bond motifs is 1. The van der Waals surface area contributed by atoms with Crippen molar-refractivity contribution in [1.82, 2.24) is 24.3 Å². The number of aromatic nitrogens is 5. The molecule has 0 aliphatic heterocycles. The van der Waals surface area contributed by atoms with Crippen LogP contribution >= 0.6 is 11.6 Å². The van der Waals surface area contributed by atoms with Gasteiger partial charge in [-0.2, -0.15) is 18.3 Å². The van der Waals surface area contributed by atoms with E-state index < -0.39 is 33.3 Å². The molecular weight excluding hydrogens is 471 g/mol. The second-order valence-electron chi connectivity index (χ2n) is 7.39. The van der Waals surface area contributed by atoms with E-state index in [1.165, 1.54) is 35.5 Å². The molecule has 170 valence electrons. The van der Waals surface area contributed by atoms with Crippen LogP contribution in [0, 0.1) is 5.92 Å². The molecule has 0 spiro atoms. The van der Waals surface area contributed by atoms with Gasteiger partial charge >= 0.3 is 6.18 Å². The van der Waals surface area contributed by atoms with Gasteiger partial charge in [-0.05, 0) is 12.1 Å². The molecule has 1 aliphatic rings. The molecule has 3 heterocycles. The number of hydrogen-bond acceptors (Lipinski definition) is 6. The van der Waals surface area contributed by atoms with E-state index in [0.29, 0.717) is 6.20 Å². The molecule has 0 radical (unpaired) electrons. The number of hydrogen-bond donors (Lipinski definition) is 0. The topological polar surface area (TPSA) is 99.7 Å². The Kier molecular flexibility index (Phi) is 5.40. The lowest BCUT2D eigenvalue weighted by molar-refractivity contribution is -0.137. The third kappa shape index (κ3) is 3.81. The summed E-state index contributed by atoms with van der Waals surface area (Å²) < 4.78 is 67.3.